The molecule has 0 aliphatic heterocycles. The van der Waals surface area contributed by atoms with Crippen LogP contribution in [0.4, 0.5) is 0 Å². The summed E-state index contributed by atoms with van der Waals surface area (Å²) in [7, 11) is 0. The zero-order valence-electron chi connectivity index (χ0n) is 13.7. The number of carbonyl (C=O) groups is 2. The van der Waals surface area contributed by atoms with E-state index in [1.54, 1.807) is 12.1 Å². The number of nitrogens with one attached hydrogen (secondary N) is 1. The third kappa shape index (κ3) is 4.33. The molecule has 0 spiro atoms. The monoisotopic (exact) mass is 330 g/mol. The Hall–Kier alpha value is -2.39. The molecule has 0 bridgehead atoms. The largest absolute Gasteiger partial charge is 0.449 e. The van der Waals surface area contributed by atoms with E-state index < -0.39 is 23.5 Å². The SMILES string of the molecule is C[C@H](OC(=O)c1ccc(CO)cc1)C(=O)NC1(C#N)CCCCC1. The first kappa shape index (κ1) is 18.0. The van der Waals surface area contributed by atoms with Crippen molar-refractivity contribution in [3.05, 3.63) is 35.4 Å². The fraction of sp³-hybridized carbons (Fsp3) is 0.500. The zero-order chi connectivity index (χ0) is 17.6. The summed E-state index contributed by atoms with van der Waals surface area (Å²) in [6, 6.07) is 8.52. The van der Waals surface area contributed by atoms with Crippen LogP contribution in [0, 0.1) is 11.3 Å². The van der Waals surface area contributed by atoms with Crippen molar-refractivity contribution < 1.29 is 19.4 Å². The van der Waals surface area contributed by atoms with E-state index in [2.05, 4.69) is 11.4 Å². The van der Waals surface area contributed by atoms with Crippen LogP contribution in [0.3, 0.4) is 0 Å². The van der Waals surface area contributed by atoms with Crippen LogP contribution in [-0.2, 0) is 16.1 Å². The predicted molar refractivity (Wildman–Crippen MR) is 86.8 cm³/mol. The topological polar surface area (TPSA) is 99.4 Å². The third-order valence-corrected chi connectivity index (χ3v) is 4.31. The number of hydrogen-bond acceptors (Lipinski definition) is 5. The quantitative estimate of drug-likeness (QED) is 0.805. The Labute approximate surface area is 141 Å². The number of amides is 1. The highest BCUT2D eigenvalue weighted by Gasteiger charge is 2.35. The van der Waals surface area contributed by atoms with Gasteiger partial charge in [0.25, 0.3) is 5.91 Å². The number of benzene rings is 1. The normalized spacial score (nSPS) is 17.4. The Morgan fingerprint density at radius 2 is 1.92 bits per heavy atom. The molecule has 0 aromatic heterocycles. The van der Waals surface area contributed by atoms with Crippen LogP contribution < -0.4 is 5.32 Å². The summed E-state index contributed by atoms with van der Waals surface area (Å²) < 4.78 is 5.18. The second-order valence-electron chi connectivity index (χ2n) is 6.15. The summed E-state index contributed by atoms with van der Waals surface area (Å²) in [6.07, 6.45) is 3.13. The zero-order valence-corrected chi connectivity index (χ0v) is 13.7. The Balaban J connectivity index is 1.95. The van der Waals surface area contributed by atoms with Gasteiger partial charge in [0.05, 0.1) is 18.2 Å². The van der Waals surface area contributed by atoms with Gasteiger partial charge in [-0.15, -0.1) is 0 Å². The Morgan fingerprint density at radius 3 is 2.46 bits per heavy atom. The van der Waals surface area contributed by atoms with Gasteiger partial charge in [-0.05, 0) is 37.5 Å². The Morgan fingerprint density at radius 1 is 1.29 bits per heavy atom. The van der Waals surface area contributed by atoms with E-state index in [4.69, 9.17) is 9.84 Å². The first-order valence-electron chi connectivity index (χ1n) is 8.14. The lowest BCUT2D eigenvalue weighted by Gasteiger charge is -2.32. The van der Waals surface area contributed by atoms with Gasteiger partial charge in [-0.1, -0.05) is 31.4 Å². The van der Waals surface area contributed by atoms with Gasteiger partial charge in [0.15, 0.2) is 6.10 Å². The summed E-state index contributed by atoms with van der Waals surface area (Å²) in [5.74, 6) is -1.07. The number of aliphatic hydroxyl groups is 1. The molecule has 0 radical (unpaired) electrons. The maximum atomic E-state index is 12.3. The van der Waals surface area contributed by atoms with Crippen molar-refractivity contribution >= 4 is 11.9 Å². The molecule has 0 heterocycles. The summed E-state index contributed by atoms with van der Waals surface area (Å²) in [4.78, 5) is 24.3. The van der Waals surface area contributed by atoms with Crippen LogP contribution in [0.2, 0.25) is 0 Å². The smallest absolute Gasteiger partial charge is 0.338 e. The van der Waals surface area contributed by atoms with Crippen LogP contribution in [0.5, 0.6) is 0 Å². The Kier molecular flexibility index (Phi) is 5.93. The minimum absolute atomic E-state index is 0.107. The first-order valence-corrected chi connectivity index (χ1v) is 8.14. The molecule has 24 heavy (non-hydrogen) atoms. The summed E-state index contributed by atoms with van der Waals surface area (Å²) in [6.45, 7) is 1.38. The minimum atomic E-state index is -0.984. The molecular formula is C18H22N2O4. The molecule has 0 saturated heterocycles. The highest BCUT2D eigenvalue weighted by Crippen LogP contribution is 2.27. The van der Waals surface area contributed by atoms with Gasteiger partial charge in [-0.2, -0.15) is 5.26 Å². The number of nitriles is 1. The number of hydrogen-bond donors (Lipinski definition) is 2. The maximum Gasteiger partial charge on any atom is 0.338 e. The number of aliphatic hydroxyl groups excluding tert-OH is 1. The number of ether oxygens (including phenoxy) is 1. The molecule has 1 aromatic rings. The molecule has 1 fully saturated rings. The van der Waals surface area contributed by atoms with Gasteiger partial charge < -0.3 is 15.2 Å². The van der Waals surface area contributed by atoms with E-state index >= 15 is 0 Å². The van der Waals surface area contributed by atoms with E-state index in [0.29, 0.717) is 24.0 Å². The van der Waals surface area contributed by atoms with Gasteiger partial charge in [0.2, 0.25) is 0 Å². The van der Waals surface area contributed by atoms with Gasteiger partial charge in [0, 0.05) is 0 Å². The fourth-order valence-electron chi connectivity index (χ4n) is 2.79. The van der Waals surface area contributed by atoms with E-state index in [-0.39, 0.29) is 6.61 Å². The van der Waals surface area contributed by atoms with Crippen molar-refractivity contribution in [2.75, 3.05) is 0 Å². The summed E-state index contributed by atoms with van der Waals surface area (Å²) >= 11 is 0. The minimum Gasteiger partial charge on any atom is -0.449 e. The second kappa shape index (κ2) is 7.93. The van der Waals surface area contributed by atoms with Crippen molar-refractivity contribution in [1.82, 2.24) is 5.32 Å². The van der Waals surface area contributed by atoms with E-state index in [1.165, 1.54) is 19.1 Å². The van der Waals surface area contributed by atoms with Crippen LogP contribution >= 0.6 is 0 Å². The van der Waals surface area contributed by atoms with Crippen LogP contribution in [-0.4, -0.2) is 28.6 Å². The van der Waals surface area contributed by atoms with E-state index in [1.807, 2.05) is 0 Å². The molecule has 1 aliphatic carbocycles. The molecule has 6 nitrogen and oxygen atoms in total. The van der Waals surface area contributed by atoms with Crippen molar-refractivity contribution in [3.8, 4) is 6.07 Å². The van der Waals surface area contributed by atoms with Crippen molar-refractivity contribution in [3.63, 3.8) is 0 Å². The average Bonchev–Trinajstić information content (AvgIpc) is 2.62. The third-order valence-electron chi connectivity index (χ3n) is 4.31. The van der Waals surface area contributed by atoms with Gasteiger partial charge in [-0.3, -0.25) is 4.79 Å². The van der Waals surface area contributed by atoms with Crippen molar-refractivity contribution in [2.24, 2.45) is 0 Å². The molecular weight excluding hydrogens is 308 g/mol. The molecule has 0 unspecified atom stereocenters. The highest BCUT2D eigenvalue weighted by atomic mass is 16.5. The number of nitrogens with zero attached hydrogens (tertiary/aromatic N) is 1. The van der Waals surface area contributed by atoms with Crippen molar-refractivity contribution in [1.29, 1.82) is 5.26 Å². The fourth-order valence-corrected chi connectivity index (χ4v) is 2.79. The lowest BCUT2D eigenvalue weighted by atomic mass is 9.83. The number of carbonyl (C=O) groups excluding carboxylic acids is 2. The van der Waals surface area contributed by atoms with E-state index in [0.717, 1.165) is 19.3 Å². The summed E-state index contributed by atoms with van der Waals surface area (Å²) in [5, 5.41) is 21.1. The highest BCUT2D eigenvalue weighted by molar-refractivity contribution is 5.92. The maximum absolute atomic E-state index is 12.3. The molecule has 2 rings (SSSR count). The number of rotatable bonds is 5. The average molecular weight is 330 g/mol. The Bertz CT molecular complexity index is 627. The molecule has 1 amide bonds. The first-order chi connectivity index (χ1) is 11.5. The van der Waals surface area contributed by atoms with Gasteiger partial charge in [0.1, 0.15) is 5.54 Å². The lowest BCUT2D eigenvalue weighted by molar-refractivity contribution is -0.130. The lowest BCUT2D eigenvalue weighted by Crippen LogP contribution is -2.52. The molecule has 1 aliphatic rings. The van der Waals surface area contributed by atoms with Gasteiger partial charge in [-0.25, -0.2) is 4.79 Å². The van der Waals surface area contributed by atoms with Gasteiger partial charge >= 0.3 is 5.97 Å². The molecule has 2 N–H and O–H groups in total. The molecule has 1 aromatic carbocycles. The molecule has 1 saturated carbocycles. The van der Waals surface area contributed by atoms with Crippen molar-refractivity contribution in [2.45, 2.75) is 57.3 Å². The van der Waals surface area contributed by atoms with E-state index in [9.17, 15) is 14.9 Å². The molecule has 1 atom stereocenters. The standard InChI is InChI=1S/C18H22N2O4/c1-13(16(22)20-18(12-19)9-3-2-4-10-18)24-17(23)15-7-5-14(11-21)6-8-15/h5-8,13,21H,2-4,9-11H2,1H3,(H,20,22)/t13-/m0/s1. The predicted octanol–water partition coefficient (Wildman–Crippen LogP) is 2.07. The van der Waals surface area contributed by atoms with Crippen LogP contribution in [0.15, 0.2) is 24.3 Å². The van der Waals surface area contributed by atoms with Crippen LogP contribution in [0.1, 0.15) is 54.9 Å². The molecule has 128 valence electrons. The number of esters is 1. The molecule has 6 heteroatoms. The second-order valence-corrected chi connectivity index (χ2v) is 6.15. The van der Waals surface area contributed by atoms with Crippen LogP contribution in [0.25, 0.3) is 0 Å². The summed E-state index contributed by atoms with van der Waals surface area (Å²) in [5.41, 5.74) is 0.142.